The van der Waals surface area contributed by atoms with Crippen LogP contribution in [0.2, 0.25) is 0 Å². The molecule has 0 radical (unpaired) electrons. The third kappa shape index (κ3) is 2.99. The Morgan fingerprint density at radius 1 is 1.14 bits per heavy atom. The van der Waals surface area contributed by atoms with Crippen LogP contribution in [0.25, 0.3) is 0 Å². The largest absolute Gasteiger partial charge is 0.310 e. The highest BCUT2D eigenvalue weighted by atomic mass is 32.2. The van der Waals surface area contributed by atoms with Crippen molar-refractivity contribution in [3.63, 3.8) is 0 Å². The van der Waals surface area contributed by atoms with Crippen LogP contribution in [-0.2, 0) is 9.84 Å². The molecule has 5 heteroatoms. The second-order valence-electron chi connectivity index (χ2n) is 6.34. The van der Waals surface area contributed by atoms with Gasteiger partial charge in [0.15, 0.2) is 9.84 Å². The molecule has 0 heterocycles. The average molecular weight is 311 g/mol. The quantitative estimate of drug-likeness (QED) is 0.822. The van der Waals surface area contributed by atoms with Crippen molar-refractivity contribution in [1.82, 2.24) is 5.32 Å². The molecule has 3 rings (SSSR count). The normalized spacial score (nSPS) is 21.6. The number of nitrogens with one attached hydrogen (secondary N) is 1. The number of hydrogen-bond acceptors (Lipinski definition) is 3. The zero-order valence-corrected chi connectivity index (χ0v) is 13.0. The number of sulfone groups is 1. The summed E-state index contributed by atoms with van der Waals surface area (Å²) in [6, 6.07) is 5.08. The van der Waals surface area contributed by atoms with E-state index in [1.165, 1.54) is 62.8 Å². The molecule has 0 aliphatic heterocycles. The van der Waals surface area contributed by atoms with E-state index in [-0.39, 0.29) is 16.2 Å². The minimum Gasteiger partial charge on any atom is -0.310 e. The molecule has 116 valence electrons. The Morgan fingerprint density at radius 3 is 2.29 bits per heavy atom. The summed E-state index contributed by atoms with van der Waals surface area (Å²) < 4.78 is 37.3. The SMILES string of the molecule is O=S(=O)(CCNC1(C2CCC2)CCC1)c1ccc(F)cc1. The third-order valence-corrected chi connectivity index (χ3v) is 6.89. The van der Waals surface area contributed by atoms with Gasteiger partial charge in [-0.1, -0.05) is 6.42 Å². The Hall–Kier alpha value is -0.940. The number of rotatable bonds is 6. The van der Waals surface area contributed by atoms with Crippen LogP contribution in [0.5, 0.6) is 0 Å². The summed E-state index contributed by atoms with van der Waals surface area (Å²) in [5.41, 5.74) is 0.205. The van der Waals surface area contributed by atoms with Crippen LogP contribution in [-0.4, -0.2) is 26.3 Å². The van der Waals surface area contributed by atoms with E-state index in [4.69, 9.17) is 0 Å². The van der Waals surface area contributed by atoms with Gasteiger partial charge in [-0.2, -0.15) is 0 Å². The average Bonchev–Trinajstić information content (AvgIpc) is 2.33. The van der Waals surface area contributed by atoms with Gasteiger partial charge in [0.05, 0.1) is 10.6 Å². The van der Waals surface area contributed by atoms with Gasteiger partial charge in [-0.05, 0) is 62.3 Å². The van der Waals surface area contributed by atoms with Crippen molar-refractivity contribution < 1.29 is 12.8 Å². The maximum atomic E-state index is 12.9. The van der Waals surface area contributed by atoms with Crippen molar-refractivity contribution in [2.75, 3.05) is 12.3 Å². The van der Waals surface area contributed by atoms with Gasteiger partial charge in [0.2, 0.25) is 0 Å². The fourth-order valence-electron chi connectivity index (χ4n) is 3.44. The molecule has 1 aromatic carbocycles. The first kappa shape index (κ1) is 15.0. The summed E-state index contributed by atoms with van der Waals surface area (Å²) in [7, 11) is -3.33. The molecular weight excluding hydrogens is 289 g/mol. The summed E-state index contributed by atoms with van der Waals surface area (Å²) in [4.78, 5) is 0.206. The second kappa shape index (κ2) is 5.69. The van der Waals surface area contributed by atoms with Gasteiger partial charge in [-0.15, -0.1) is 0 Å². The Balaban J connectivity index is 1.58. The van der Waals surface area contributed by atoms with Crippen LogP contribution in [0.1, 0.15) is 38.5 Å². The summed E-state index contributed by atoms with van der Waals surface area (Å²) in [5.74, 6) is 0.401. The smallest absolute Gasteiger partial charge is 0.179 e. The molecule has 1 N–H and O–H groups in total. The predicted molar refractivity (Wildman–Crippen MR) is 80.4 cm³/mol. The molecule has 2 saturated carbocycles. The lowest BCUT2D eigenvalue weighted by Gasteiger charge is -2.52. The molecule has 2 fully saturated rings. The van der Waals surface area contributed by atoms with E-state index in [1.54, 1.807) is 0 Å². The molecule has 0 bridgehead atoms. The fourth-order valence-corrected chi connectivity index (χ4v) is 4.60. The maximum Gasteiger partial charge on any atom is 0.179 e. The Morgan fingerprint density at radius 2 is 1.81 bits per heavy atom. The van der Waals surface area contributed by atoms with E-state index in [0.717, 1.165) is 5.92 Å². The highest BCUT2D eigenvalue weighted by Crippen LogP contribution is 2.47. The summed E-state index contributed by atoms with van der Waals surface area (Å²) >= 11 is 0. The first-order valence-corrected chi connectivity index (χ1v) is 9.40. The molecule has 2 aliphatic carbocycles. The van der Waals surface area contributed by atoms with E-state index < -0.39 is 15.7 Å². The van der Waals surface area contributed by atoms with Crippen LogP contribution < -0.4 is 5.32 Å². The van der Waals surface area contributed by atoms with Crippen LogP contribution in [0, 0.1) is 11.7 Å². The summed E-state index contributed by atoms with van der Waals surface area (Å²) in [5, 5.41) is 3.52. The fraction of sp³-hybridized carbons (Fsp3) is 0.625. The molecule has 21 heavy (non-hydrogen) atoms. The molecule has 0 amide bonds. The van der Waals surface area contributed by atoms with Crippen LogP contribution in [0.3, 0.4) is 0 Å². The molecular formula is C16H22FNO2S. The zero-order valence-electron chi connectivity index (χ0n) is 12.1. The van der Waals surface area contributed by atoms with Crippen molar-refractivity contribution in [2.24, 2.45) is 5.92 Å². The highest BCUT2D eigenvalue weighted by molar-refractivity contribution is 7.91. The molecule has 0 aromatic heterocycles. The first-order chi connectivity index (χ1) is 10.0. The topological polar surface area (TPSA) is 46.2 Å². The minimum atomic E-state index is -3.33. The zero-order chi connectivity index (χ0) is 14.9. The van der Waals surface area contributed by atoms with Crippen molar-refractivity contribution >= 4 is 9.84 Å². The maximum absolute atomic E-state index is 12.9. The first-order valence-electron chi connectivity index (χ1n) is 7.75. The minimum absolute atomic E-state index is 0.0765. The van der Waals surface area contributed by atoms with Gasteiger partial charge in [0.1, 0.15) is 5.82 Å². The monoisotopic (exact) mass is 311 g/mol. The molecule has 2 aliphatic rings. The second-order valence-corrected chi connectivity index (χ2v) is 8.45. The molecule has 0 unspecified atom stereocenters. The van der Waals surface area contributed by atoms with E-state index in [0.29, 0.717) is 6.54 Å². The summed E-state index contributed by atoms with van der Waals surface area (Å²) in [6.45, 7) is 0.482. The van der Waals surface area contributed by atoms with Crippen molar-refractivity contribution in [1.29, 1.82) is 0 Å². The van der Waals surface area contributed by atoms with Crippen molar-refractivity contribution in [3.05, 3.63) is 30.1 Å². The van der Waals surface area contributed by atoms with Crippen LogP contribution >= 0.6 is 0 Å². The van der Waals surface area contributed by atoms with Crippen molar-refractivity contribution in [3.8, 4) is 0 Å². The lowest BCUT2D eigenvalue weighted by atomic mass is 9.61. The van der Waals surface area contributed by atoms with Gasteiger partial charge in [-0.3, -0.25) is 0 Å². The Labute approximate surface area is 125 Å². The molecule has 1 aromatic rings. The molecule has 0 spiro atoms. The lowest BCUT2D eigenvalue weighted by Crippen LogP contribution is -2.59. The highest BCUT2D eigenvalue weighted by Gasteiger charge is 2.45. The van der Waals surface area contributed by atoms with E-state index in [9.17, 15) is 12.8 Å². The molecule has 0 atom stereocenters. The van der Waals surface area contributed by atoms with E-state index in [1.807, 2.05) is 0 Å². The van der Waals surface area contributed by atoms with Crippen molar-refractivity contribution in [2.45, 2.75) is 49.0 Å². The Kier molecular flexibility index (Phi) is 4.06. The third-order valence-electron chi connectivity index (χ3n) is 5.15. The predicted octanol–water partition coefficient (Wildman–Crippen LogP) is 2.91. The van der Waals surface area contributed by atoms with E-state index >= 15 is 0 Å². The van der Waals surface area contributed by atoms with Gasteiger partial charge in [-0.25, -0.2) is 12.8 Å². The van der Waals surface area contributed by atoms with Crippen LogP contribution in [0.15, 0.2) is 29.2 Å². The molecule has 0 saturated heterocycles. The standard InChI is InChI=1S/C16H22FNO2S/c17-14-5-7-15(8-6-14)21(19,20)12-11-18-16(9-2-10-16)13-3-1-4-13/h5-8,13,18H,1-4,9-12H2. The van der Waals surface area contributed by atoms with Gasteiger partial charge in [0.25, 0.3) is 0 Å². The number of benzene rings is 1. The number of hydrogen-bond donors (Lipinski definition) is 1. The van der Waals surface area contributed by atoms with Gasteiger partial charge < -0.3 is 5.32 Å². The van der Waals surface area contributed by atoms with E-state index in [2.05, 4.69) is 5.32 Å². The molecule has 3 nitrogen and oxygen atoms in total. The lowest BCUT2D eigenvalue weighted by molar-refractivity contribution is 0.0533. The summed E-state index contributed by atoms with van der Waals surface area (Å²) in [6.07, 6.45) is 7.45. The Bertz CT molecular complexity index is 589. The van der Waals surface area contributed by atoms with Crippen LogP contribution in [0.4, 0.5) is 4.39 Å². The van der Waals surface area contributed by atoms with Gasteiger partial charge >= 0.3 is 0 Å². The number of halogens is 1. The van der Waals surface area contributed by atoms with Gasteiger partial charge in [0, 0.05) is 12.1 Å².